The lowest BCUT2D eigenvalue weighted by atomic mass is 10.1. The fraction of sp³-hybridized carbons (Fsp3) is 0.278. The molecule has 0 aliphatic heterocycles. The summed E-state index contributed by atoms with van der Waals surface area (Å²) in [5.41, 5.74) is 1.60. The molecule has 0 saturated carbocycles. The van der Waals surface area contributed by atoms with Crippen molar-refractivity contribution in [1.29, 1.82) is 0 Å². The summed E-state index contributed by atoms with van der Waals surface area (Å²) in [6, 6.07) is 13.2. The van der Waals surface area contributed by atoms with Gasteiger partial charge in [0.2, 0.25) is 0 Å². The summed E-state index contributed by atoms with van der Waals surface area (Å²) in [5.74, 6) is 0.995. The highest BCUT2D eigenvalue weighted by molar-refractivity contribution is 7.98. The van der Waals surface area contributed by atoms with Crippen LogP contribution in [0.4, 0.5) is 0 Å². The molecule has 0 spiro atoms. The minimum atomic E-state index is -0.146. The molecule has 122 valence electrons. The second-order valence-corrected chi connectivity index (χ2v) is 5.92. The van der Waals surface area contributed by atoms with E-state index in [9.17, 15) is 4.79 Å². The number of ether oxygens (including phenoxy) is 2. The largest absolute Gasteiger partial charge is 0.493 e. The van der Waals surface area contributed by atoms with Crippen LogP contribution >= 0.6 is 11.8 Å². The van der Waals surface area contributed by atoms with Gasteiger partial charge in [0.25, 0.3) is 5.91 Å². The molecule has 1 N–H and O–H groups in total. The van der Waals surface area contributed by atoms with E-state index in [2.05, 4.69) is 17.4 Å². The molecule has 0 aromatic heterocycles. The second-order valence-electron chi connectivity index (χ2n) is 5.04. The molecule has 0 aliphatic rings. The van der Waals surface area contributed by atoms with Gasteiger partial charge in [-0.15, -0.1) is 11.8 Å². The maximum absolute atomic E-state index is 12.4. The standard InChI is InChI=1S/C18H21NO3S/c1-12(13-5-8-15(23-4)9-6-13)19-18(20)14-7-10-16(21-2)17(11-14)22-3/h5-12H,1-4H3,(H,19,20). The summed E-state index contributed by atoms with van der Waals surface area (Å²) in [6.07, 6.45) is 2.04. The Kier molecular flexibility index (Phi) is 5.93. The van der Waals surface area contributed by atoms with Gasteiger partial charge in [-0.2, -0.15) is 0 Å². The van der Waals surface area contributed by atoms with Crippen molar-refractivity contribution in [3.63, 3.8) is 0 Å². The third kappa shape index (κ3) is 4.20. The Labute approximate surface area is 141 Å². The monoisotopic (exact) mass is 331 g/mol. The maximum atomic E-state index is 12.4. The molecule has 0 aliphatic carbocycles. The van der Waals surface area contributed by atoms with Crippen LogP contribution < -0.4 is 14.8 Å². The summed E-state index contributed by atoms with van der Waals surface area (Å²) in [6.45, 7) is 1.97. The third-order valence-electron chi connectivity index (χ3n) is 3.61. The number of hydrogen-bond acceptors (Lipinski definition) is 4. The van der Waals surface area contributed by atoms with Crippen molar-refractivity contribution < 1.29 is 14.3 Å². The second kappa shape index (κ2) is 7.92. The van der Waals surface area contributed by atoms with E-state index in [1.165, 1.54) is 4.90 Å². The topological polar surface area (TPSA) is 47.6 Å². The molecule has 2 aromatic rings. The number of hydrogen-bond donors (Lipinski definition) is 1. The molecule has 2 aromatic carbocycles. The van der Waals surface area contributed by atoms with Crippen molar-refractivity contribution in [2.24, 2.45) is 0 Å². The van der Waals surface area contributed by atoms with Gasteiger partial charge in [0.15, 0.2) is 11.5 Å². The number of thioether (sulfide) groups is 1. The zero-order valence-electron chi connectivity index (χ0n) is 13.8. The molecule has 0 bridgehead atoms. The van der Waals surface area contributed by atoms with Crippen molar-refractivity contribution in [3.8, 4) is 11.5 Å². The Morgan fingerprint density at radius 2 is 1.70 bits per heavy atom. The third-order valence-corrected chi connectivity index (χ3v) is 4.35. The van der Waals surface area contributed by atoms with Gasteiger partial charge in [-0.1, -0.05) is 12.1 Å². The Morgan fingerprint density at radius 3 is 2.26 bits per heavy atom. The predicted octanol–water partition coefficient (Wildman–Crippen LogP) is 3.92. The summed E-state index contributed by atoms with van der Waals surface area (Å²) in [4.78, 5) is 13.6. The number of carbonyl (C=O) groups excluding carboxylic acids is 1. The SMILES string of the molecule is COc1ccc(C(=O)NC(C)c2ccc(SC)cc2)cc1OC. The van der Waals surface area contributed by atoms with E-state index < -0.39 is 0 Å². The summed E-state index contributed by atoms with van der Waals surface area (Å²) >= 11 is 1.69. The van der Waals surface area contributed by atoms with E-state index in [-0.39, 0.29) is 11.9 Å². The normalized spacial score (nSPS) is 11.7. The Balaban J connectivity index is 2.11. The van der Waals surface area contributed by atoms with Crippen LogP contribution in [0.25, 0.3) is 0 Å². The first-order valence-corrected chi connectivity index (χ1v) is 8.48. The highest BCUT2D eigenvalue weighted by Crippen LogP contribution is 2.28. The van der Waals surface area contributed by atoms with Crippen LogP contribution in [-0.2, 0) is 0 Å². The average Bonchev–Trinajstić information content (AvgIpc) is 2.60. The lowest BCUT2D eigenvalue weighted by Gasteiger charge is -2.15. The molecule has 4 nitrogen and oxygen atoms in total. The van der Waals surface area contributed by atoms with E-state index in [4.69, 9.17) is 9.47 Å². The smallest absolute Gasteiger partial charge is 0.251 e. The number of rotatable bonds is 6. The predicted molar refractivity (Wildman–Crippen MR) is 93.7 cm³/mol. The highest BCUT2D eigenvalue weighted by Gasteiger charge is 2.14. The van der Waals surface area contributed by atoms with Crippen LogP contribution in [0.1, 0.15) is 28.9 Å². The van der Waals surface area contributed by atoms with Crippen LogP contribution in [0.15, 0.2) is 47.4 Å². The lowest BCUT2D eigenvalue weighted by Crippen LogP contribution is -2.26. The summed E-state index contributed by atoms with van der Waals surface area (Å²) < 4.78 is 10.4. The molecule has 0 radical (unpaired) electrons. The van der Waals surface area contributed by atoms with Gasteiger partial charge in [0.05, 0.1) is 20.3 Å². The molecule has 0 fully saturated rings. The van der Waals surface area contributed by atoms with Crippen LogP contribution in [0.2, 0.25) is 0 Å². The molecular formula is C18H21NO3S. The van der Waals surface area contributed by atoms with Gasteiger partial charge in [-0.3, -0.25) is 4.79 Å². The quantitative estimate of drug-likeness (QED) is 0.815. The Morgan fingerprint density at radius 1 is 1.04 bits per heavy atom. The molecule has 0 saturated heterocycles. The van der Waals surface area contributed by atoms with Gasteiger partial charge < -0.3 is 14.8 Å². The van der Waals surface area contributed by atoms with Crippen LogP contribution in [0.3, 0.4) is 0 Å². The fourth-order valence-electron chi connectivity index (χ4n) is 2.23. The lowest BCUT2D eigenvalue weighted by molar-refractivity contribution is 0.0939. The van der Waals surface area contributed by atoms with Gasteiger partial charge in [-0.25, -0.2) is 0 Å². The minimum absolute atomic E-state index is 0.0773. The van der Waals surface area contributed by atoms with Gasteiger partial charge in [0.1, 0.15) is 0 Å². The molecule has 1 atom stereocenters. The number of carbonyl (C=O) groups is 1. The number of methoxy groups -OCH3 is 2. The Hall–Kier alpha value is -2.14. The fourth-order valence-corrected chi connectivity index (χ4v) is 2.64. The molecule has 5 heteroatoms. The molecule has 0 heterocycles. The van der Waals surface area contributed by atoms with E-state index in [1.54, 1.807) is 44.2 Å². The highest BCUT2D eigenvalue weighted by atomic mass is 32.2. The molecule has 1 unspecified atom stereocenters. The van der Waals surface area contributed by atoms with Crippen LogP contribution in [0.5, 0.6) is 11.5 Å². The van der Waals surface area contributed by atoms with Crippen molar-refractivity contribution in [3.05, 3.63) is 53.6 Å². The van der Waals surface area contributed by atoms with E-state index in [1.807, 2.05) is 25.3 Å². The minimum Gasteiger partial charge on any atom is -0.493 e. The number of nitrogens with one attached hydrogen (secondary N) is 1. The zero-order chi connectivity index (χ0) is 16.8. The molecule has 2 rings (SSSR count). The number of amides is 1. The van der Waals surface area contributed by atoms with Crippen LogP contribution in [-0.4, -0.2) is 26.4 Å². The first-order valence-electron chi connectivity index (χ1n) is 7.26. The van der Waals surface area contributed by atoms with E-state index >= 15 is 0 Å². The number of benzene rings is 2. The van der Waals surface area contributed by atoms with Crippen molar-refractivity contribution in [2.75, 3.05) is 20.5 Å². The van der Waals surface area contributed by atoms with Crippen molar-refractivity contribution in [1.82, 2.24) is 5.32 Å². The van der Waals surface area contributed by atoms with Crippen LogP contribution in [0, 0.1) is 0 Å². The first-order chi connectivity index (χ1) is 11.1. The van der Waals surface area contributed by atoms with E-state index in [0.29, 0.717) is 17.1 Å². The van der Waals surface area contributed by atoms with Crippen molar-refractivity contribution >= 4 is 17.7 Å². The first kappa shape index (κ1) is 17.2. The van der Waals surface area contributed by atoms with Crippen molar-refractivity contribution in [2.45, 2.75) is 17.9 Å². The van der Waals surface area contributed by atoms with E-state index in [0.717, 1.165) is 5.56 Å². The average molecular weight is 331 g/mol. The summed E-state index contributed by atoms with van der Waals surface area (Å²) in [5, 5.41) is 3.00. The molecule has 23 heavy (non-hydrogen) atoms. The van der Waals surface area contributed by atoms with Gasteiger partial charge in [-0.05, 0) is 49.1 Å². The van der Waals surface area contributed by atoms with Gasteiger partial charge >= 0.3 is 0 Å². The maximum Gasteiger partial charge on any atom is 0.251 e. The van der Waals surface area contributed by atoms with Gasteiger partial charge in [0, 0.05) is 10.5 Å². The Bertz CT molecular complexity index is 670. The molecular weight excluding hydrogens is 310 g/mol. The zero-order valence-corrected chi connectivity index (χ0v) is 14.6. The molecule has 1 amide bonds. The summed E-state index contributed by atoms with van der Waals surface area (Å²) in [7, 11) is 3.12.